The molecule has 1 amide bonds. The van der Waals surface area contributed by atoms with Crippen LogP contribution in [0.1, 0.15) is 60.8 Å². The second-order valence-corrected chi connectivity index (χ2v) is 12.0. The molecule has 4 rings (SSSR count). The van der Waals surface area contributed by atoms with E-state index in [1.54, 1.807) is 7.11 Å². The fraction of sp³-hybridized carbons (Fsp3) is 0.419. The molecule has 1 saturated heterocycles. The summed E-state index contributed by atoms with van der Waals surface area (Å²) in [6.45, 7) is 9.63. The second kappa shape index (κ2) is 14.0. The number of methoxy groups -OCH3 is 1. The largest absolute Gasteiger partial charge is 0.496 e. The van der Waals surface area contributed by atoms with Crippen molar-refractivity contribution in [3.05, 3.63) is 76.0 Å². The first kappa shape index (κ1) is 32.1. The molecular weight excluding hydrogens is 553 g/mol. The molecule has 2 heterocycles. The van der Waals surface area contributed by atoms with Gasteiger partial charge < -0.3 is 15.2 Å². The van der Waals surface area contributed by atoms with E-state index in [0.29, 0.717) is 0 Å². The number of hydrogen-bond donors (Lipinski definition) is 2. The number of ether oxygens (including phenoxy) is 1. The summed E-state index contributed by atoms with van der Waals surface area (Å²) in [6.07, 6.45) is -1.75. The maximum absolute atomic E-state index is 13.1. The topological polar surface area (TPSA) is 78.9 Å². The van der Waals surface area contributed by atoms with Gasteiger partial charge in [0.15, 0.2) is 0 Å². The number of amides is 1. The monoisotopic (exact) mass is 590 g/mol. The van der Waals surface area contributed by atoms with Crippen LogP contribution >= 0.6 is 11.3 Å². The summed E-state index contributed by atoms with van der Waals surface area (Å²) in [5.74, 6) is -1.91. The van der Waals surface area contributed by atoms with Crippen molar-refractivity contribution in [3.63, 3.8) is 0 Å². The first-order chi connectivity index (χ1) is 19.3. The van der Waals surface area contributed by atoms with E-state index in [1.807, 2.05) is 35.7 Å². The number of para-hydroxylation sites is 1. The average molecular weight is 591 g/mol. The van der Waals surface area contributed by atoms with Gasteiger partial charge in [-0.15, -0.1) is 11.3 Å². The molecule has 10 heteroatoms. The Morgan fingerprint density at radius 2 is 1.73 bits per heavy atom. The van der Waals surface area contributed by atoms with E-state index >= 15 is 0 Å². The van der Waals surface area contributed by atoms with Crippen molar-refractivity contribution in [2.45, 2.75) is 64.2 Å². The van der Waals surface area contributed by atoms with Crippen molar-refractivity contribution in [1.82, 2.24) is 10.2 Å². The van der Waals surface area contributed by atoms with E-state index < -0.39 is 12.1 Å². The van der Waals surface area contributed by atoms with E-state index in [-0.39, 0.29) is 17.4 Å². The summed E-state index contributed by atoms with van der Waals surface area (Å²) in [5, 5.41) is 12.5. The van der Waals surface area contributed by atoms with Crippen LogP contribution in [-0.2, 0) is 16.8 Å². The third kappa shape index (κ3) is 9.60. The number of carbonyl (C=O) groups is 2. The van der Waals surface area contributed by atoms with Gasteiger partial charge in [0.05, 0.1) is 12.0 Å². The number of carbonyl (C=O) groups excluding carboxylic acids is 1. The Hall–Kier alpha value is -3.37. The molecule has 0 aliphatic carbocycles. The Morgan fingerprint density at radius 1 is 1.07 bits per heavy atom. The number of rotatable bonds is 6. The van der Waals surface area contributed by atoms with E-state index in [0.717, 1.165) is 54.2 Å². The molecule has 2 aromatic carbocycles. The fourth-order valence-electron chi connectivity index (χ4n) is 4.59. The lowest BCUT2D eigenvalue weighted by atomic mass is 9.87. The predicted molar refractivity (Wildman–Crippen MR) is 156 cm³/mol. The van der Waals surface area contributed by atoms with Gasteiger partial charge in [-0.1, -0.05) is 69.7 Å². The van der Waals surface area contributed by atoms with Gasteiger partial charge in [-0.05, 0) is 59.0 Å². The molecule has 0 spiro atoms. The van der Waals surface area contributed by atoms with E-state index in [1.165, 1.54) is 28.9 Å². The van der Waals surface area contributed by atoms with Crippen LogP contribution in [-0.4, -0.2) is 54.3 Å². The van der Waals surface area contributed by atoms with Gasteiger partial charge in [-0.3, -0.25) is 9.69 Å². The smallest absolute Gasteiger partial charge is 0.490 e. The number of halogens is 3. The number of aliphatic carboxylic acids is 1. The zero-order valence-corrected chi connectivity index (χ0v) is 24.6. The maximum Gasteiger partial charge on any atom is 0.490 e. The minimum Gasteiger partial charge on any atom is -0.496 e. The second-order valence-electron chi connectivity index (χ2n) is 11.1. The molecule has 0 radical (unpaired) electrons. The number of nitrogens with one attached hydrogen (secondary N) is 1. The third-order valence-electron chi connectivity index (χ3n) is 6.80. The number of carboxylic acid groups (broad SMARTS) is 1. The zero-order chi connectivity index (χ0) is 30.2. The fourth-order valence-corrected chi connectivity index (χ4v) is 5.40. The molecular formula is C31H37F3N2O4S. The minimum absolute atomic E-state index is 0.0209. The van der Waals surface area contributed by atoms with Crippen LogP contribution in [0, 0.1) is 0 Å². The Balaban J connectivity index is 0.000000587. The van der Waals surface area contributed by atoms with E-state index in [9.17, 15) is 18.0 Å². The van der Waals surface area contributed by atoms with Crippen molar-refractivity contribution in [3.8, 4) is 16.9 Å². The molecule has 222 valence electrons. The van der Waals surface area contributed by atoms with Crippen LogP contribution in [0.5, 0.6) is 5.75 Å². The summed E-state index contributed by atoms with van der Waals surface area (Å²) >= 11 is 1.49. The molecule has 1 aromatic heterocycles. The van der Waals surface area contributed by atoms with Crippen molar-refractivity contribution < 1.29 is 32.6 Å². The molecule has 0 bridgehead atoms. The summed E-state index contributed by atoms with van der Waals surface area (Å²) in [6, 6.07) is 19.1. The molecule has 3 aromatic rings. The first-order valence-corrected chi connectivity index (χ1v) is 14.3. The first-order valence-electron chi connectivity index (χ1n) is 13.4. The number of hydrogen-bond acceptors (Lipinski definition) is 5. The van der Waals surface area contributed by atoms with Crippen LogP contribution in [0.3, 0.4) is 0 Å². The lowest BCUT2D eigenvalue weighted by Gasteiger charge is -2.25. The number of carboxylic acids is 1. The summed E-state index contributed by atoms with van der Waals surface area (Å²) in [7, 11) is 1.68. The molecule has 1 aliphatic rings. The van der Waals surface area contributed by atoms with Crippen molar-refractivity contribution in [1.29, 1.82) is 0 Å². The molecule has 1 aliphatic heterocycles. The highest BCUT2D eigenvalue weighted by molar-refractivity contribution is 7.12. The Kier molecular flexibility index (Phi) is 11.0. The van der Waals surface area contributed by atoms with Crippen LogP contribution in [0.2, 0.25) is 0 Å². The van der Waals surface area contributed by atoms with Gasteiger partial charge in [0.1, 0.15) is 5.75 Å². The molecule has 2 N–H and O–H groups in total. The highest BCUT2D eigenvalue weighted by atomic mass is 32.1. The number of thiophene rings is 1. The maximum atomic E-state index is 13.1. The molecule has 0 saturated carbocycles. The normalized spacial score (nSPS) is 16.2. The van der Waals surface area contributed by atoms with Gasteiger partial charge in [-0.2, -0.15) is 13.2 Å². The molecule has 1 unspecified atom stereocenters. The average Bonchev–Trinajstić information content (AvgIpc) is 3.31. The van der Waals surface area contributed by atoms with Crippen molar-refractivity contribution in [2.24, 2.45) is 0 Å². The van der Waals surface area contributed by atoms with Gasteiger partial charge in [0.2, 0.25) is 0 Å². The van der Waals surface area contributed by atoms with Gasteiger partial charge in [0.25, 0.3) is 5.91 Å². The number of benzene rings is 2. The highest BCUT2D eigenvalue weighted by Gasteiger charge is 2.38. The molecule has 1 fully saturated rings. The lowest BCUT2D eigenvalue weighted by molar-refractivity contribution is -0.192. The summed E-state index contributed by atoms with van der Waals surface area (Å²) in [4.78, 5) is 25.2. The number of alkyl halides is 3. The van der Waals surface area contributed by atoms with Gasteiger partial charge >= 0.3 is 12.1 Å². The Morgan fingerprint density at radius 3 is 2.34 bits per heavy atom. The summed E-state index contributed by atoms with van der Waals surface area (Å²) < 4.78 is 37.2. The quantitative estimate of drug-likeness (QED) is 0.319. The standard InChI is InChI=1S/C29H36N2O2S.C2HF3O2/c1-29(2,3)23-14-12-21(13-15-23)18-31-16-8-7-9-24(19-31)30-28(32)27-17-22(20-34-27)25-10-5-6-11-26(25)33-4;3-2(4,5)1(6)7/h5-6,10-15,17,20,24H,7-9,16,18-19H2,1-4H3,(H,30,32);(H,6,7). The minimum atomic E-state index is -5.08. The number of likely N-dealkylation sites (tertiary alicyclic amines) is 1. The predicted octanol–water partition coefficient (Wildman–Crippen LogP) is 7.14. The zero-order valence-electron chi connectivity index (χ0n) is 23.8. The van der Waals surface area contributed by atoms with Crippen LogP contribution in [0.15, 0.2) is 60.0 Å². The van der Waals surface area contributed by atoms with Crippen LogP contribution in [0.25, 0.3) is 11.1 Å². The SMILES string of the molecule is COc1ccccc1-c1csc(C(=O)NC2CCCCN(Cc3ccc(C(C)(C)C)cc3)C2)c1.O=C(O)C(F)(F)F. The van der Waals surface area contributed by atoms with E-state index in [4.69, 9.17) is 14.6 Å². The molecule has 6 nitrogen and oxygen atoms in total. The lowest BCUT2D eigenvalue weighted by Crippen LogP contribution is -2.42. The van der Waals surface area contributed by atoms with Crippen LogP contribution < -0.4 is 10.1 Å². The summed E-state index contributed by atoms with van der Waals surface area (Å²) in [5.41, 5.74) is 4.90. The molecule has 41 heavy (non-hydrogen) atoms. The van der Waals surface area contributed by atoms with Crippen molar-refractivity contribution in [2.75, 3.05) is 20.2 Å². The van der Waals surface area contributed by atoms with Gasteiger partial charge in [0, 0.05) is 24.7 Å². The highest BCUT2D eigenvalue weighted by Crippen LogP contribution is 2.33. The molecule has 1 atom stereocenters. The van der Waals surface area contributed by atoms with Crippen LogP contribution in [0.4, 0.5) is 13.2 Å². The Bertz CT molecular complexity index is 1300. The third-order valence-corrected chi connectivity index (χ3v) is 7.73. The number of nitrogens with zero attached hydrogens (tertiary/aromatic N) is 1. The van der Waals surface area contributed by atoms with Crippen molar-refractivity contribution >= 4 is 23.2 Å². The van der Waals surface area contributed by atoms with E-state index in [2.05, 4.69) is 55.3 Å². The van der Waals surface area contributed by atoms with Gasteiger partial charge in [-0.25, -0.2) is 4.79 Å². The Labute approximate surface area is 243 Å².